The molecule has 4 rings (SSSR count). The zero-order valence-corrected chi connectivity index (χ0v) is 15.2. The van der Waals surface area contributed by atoms with Gasteiger partial charge in [0.05, 0.1) is 6.10 Å². The van der Waals surface area contributed by atoms with Crippen molar-refractivity contribution in [2.75, 3.05) is 0 Å². The SMILES string of the molecule is C[C@H](O)[C@@H]1CC[C@@H]2[C@@H]3CC[C@H]4CC(=O)CC[C@]4(C)[C@H]3CC[C@]21C. The van der Waals surface area contributed by atoms with Gasteiger partial charge in [0, 0.05) is 12.8 Å². The van der Waals surface area contributed by atoms with Crippen LogP contribution < -0.4 is 0 Å². The number of ketones is 1. The Bertz CT molecular complexity index is 498. The van der Waals surface area contributed by atoms with E-state index in [1.807, 2.05) is 6.92 Å². The summed E-state index contributed by atoms with van der Waals surface area (Å²) in [6, 6.07) is 0. The summed E-state index contributed by atoms with van der Waals surface area (Å²) in [6.45, 7) is 7.01. The third kappa shape index (κ3) is 2.19. The van der Waals surface area contributed by atoms with E-state index in [0.717, 1.165) is 37.0 Å². The maximum Gasteiger partial charge on any atom is 0.133 e. The molecule has 130 valence electrons. The number of Topliss-reactive ketones (excluding diaryl/α,β-unsaturated/α-hetero) is 1. The van der Waals surface area contributed by atoms with Gasteiger partial charge in [-0.3, -0.25) is 4.79 Å². The molecule has 0 heterocycles. The molecule has 0 spiro atoms. The summed E-state index contributed by atoms with van der Waals surface area (Å²) in [5, 5.41) is 10.3. The van der Waals surface area contributed by atoms with Crippen LogP contribution in [-0.2, 0) is 4.79 Å². The van der Waals surface area contributed by atoms with Crippen LogP contribution in [0.25, 0.3) is 0 Å². The molecule has 0 aromatic carbocycles. The molecule has 8 atom stereocenters. The highest BCUT2D eigenvalue weighted by molar-refractivity contribution is 5.79. The van der Waals surface area contributed by atoms with Crippen LogP contribution in [0.1, 0.15) is 78.6 Å². The molecule has 0 saturated heterocycles. The van der Waals surface area contributed by atoms with E-state index in [-0.39, 0.29) is 6.10 Å². The van der Waals surface area contributed by atoms with Crippen molar-refractivity contribution < 1.29 is 9.90 Å². The molecular weight excluding hydrogens is 284 g/mol. The molecule has 0 radical (unpaired) electrons. The van der Waals surface area contributed by atoms with Gasteiger partial charge in [0.2, 0.25) is 0 Å². The smallest absolute Gasteiger partial charge is 0.133 e. The van der Waals surface area contributed by atoms with E-state index in [0.29, 0.717) is 28.4 Å². The Balaban J connectivity index is 1.61. The number of aliphatic hydroxyl groups is 1. The largest absolute Gasteiger partial charge is 0.393 e. The molecular formula is C21H34O2. The third-order valence-corrected chi connectivity index (χ3v) is 9.14. The van der Waals surface area contributed by atoms with E-state index in [9.17, 15) is 9.90 Å². The van der Waals surface area contributed by atoms with Crippen molar-refractivity contribution in [3.63, 3.8) is 0 Å². The number of hydrogen-bond acceptors (Lipinski definition) is 2. The van der Waals surface area contributed by atoms with Crippen LogP contribution in [0.4, 0.5) is 0 Å². The lowest BCUT2D eigenvalue weighted by molar-refractivity contribution is -0.141. The van der Waals surface area contributed by atoms with Gasteiger partial charge in [0.1, 0.15) is 5.78 Å². The molecule has 23 heavy (non-hydrogen) atoms. The van der Waals surface area contributed by atoms with Crippen molar-refractivity contribution in [2.45, 2.75) is 84.7 Å². The van der Waals surface area contributed by atoms with Crippen molar-refractivity contribution in [1.29, 1.82) is 0 Å². The molecule has 0 aliphatic heterocycles. The van der Waals surface area contributed by atoms with E-state index in [1.165, 1.54) is 38.5 Å². The van der Waals surface area contributed by atoms with Gasteiger partial charge in [-0.25, -0.2) is 0 Å². The maximum absolute atomic E-state index is 11.9. The number of carbonyl (C=O) groups excluding carboxylic acids is 1. The van der Waals surface area contributed by atoms with Crippen LogP contribution >= 0.6 is 0 Å². The Morgan fingerprint density at radius 2 is 1.74 bits per heavy atom. The summed E-state index contributed by atoms with van der Waals surface area (Å²) in [4.78, 5) is 11.9. The summed E-state index contributed by atoms with van der Waals surface area (Å²) in [7, 11) is 0. The zero-order valence-electron chi connectivity index (χ0n) is 15.2. The van der Waals surface area contributed by atoms with E-state index >= 15 is 0 Å². The van der Waals surface area contributed by atoms with Crippen molar-refractivity contribution in [3.05, 3.63) is 0 Å². The monoisotopic (exact) mass is 318 g/mol. The fourth-order valence-corrected chi connectivity index (χ4v) is 7.88. The highest BCUT2D eigenvalue weighted by Gasteiger charge is 2.60. The Kier molecular flexibility index (Phi) is 3.72. The molecule has 0 unspecified atom stereocenters. The van der Waals surface area contributed by atoms with Gasteiger partial charge < -0.3 is 5.11 Å². The van der Waals surface area contributed by atoms with Crippen molar-refractivity contribution in [1.82, 2.24) is 0 Å². The summed E-state index contributed by atoms with van der Waals surface area (Å²) in [6.07, 6.45) is 10.5. The number of hydrogen-bond donors (Lipinski definition) is 1. The van der Waals surface area contributed by atoms with Gasteiger partial charge in [-0.2, -0.15) is 0 Å². The van der Waals surface area contributed by atoms with E-state index in [2.05, 4.69) is 13.8 Å². The Hall–Kier alpha value is -0.370. The lowest BCUT2D eigenvalue weighted by atomic mass is 9.44. The minimum atomic E-state index is -0.152. The highest BCUT2D eigenvalue weighted by Crippen LogP contribution is 2.67. The first-order valence-electron chi connectivity index (χ1n) is 10.1. The molecule has 4 aliphatic rings. The maximum atomic E-state index is 11.9. The number of carbonyl (C=O) groups is 1. The normalized spacial score (nSPS) is 54.1. The van der Waals surface area contributed by atoms with Gasteiger partial charge in [0.15, 0.2) is 0 Å². The Morgan fingerprint density at radius 3 is 2.48 bits per heavy atom. The van der Waals surface area contributed by atoms with Crippen LogP contribution in [0.5, 0.6) is 0 Å². The summed E-state index contributed by atoms with van der Waals surface area (Å²) in [5.74, 6) is 4.18. The Morgan fingerprint density at radius 1 is 1.00 bits per heavy atom. The van der Waals surface area contributed by atoms with Crippen molar-refractivity contribution in [3.8, 4) is 0 Å². The predicted octanol–water partition coefficient (Wildman–Crippen LogP) is 4.60. The van der Waals surface area contributed by atoms with Crippen LogP contribution in [0.3, 0.4) is 0 Å². The summed E-state index contributed by atoms with van der Waals surface area (Å²) < 4.78 is 0. The fraction of sp³-hybridized carbons (Fsp3) is 0.952. The van der Waals surface area contributed by atoms with Gasteiger partial charge in [-0.1, -0.05) is 13.8 Å². The van der Waals surface area contributed by atoms with Crippen LogP contribution in [0.15, 0.2) is 0 Å². The summed E-state index contributed by atoms with van der Waals surface area (Å²) >= 11 is 0. The highest BCUT2D eigenvalue weighted by atomic mass is 16.3. The zero-order chi connectivity index (χ0) is 16.4. The molecule has 0 aromatic rings. The molecule has 0 aromatic heterocycles. The lowest BCUT2D eigenvalue weighted by Gasteiger charge is -2.60. The van der Waals surface area contributed by atoms with Gasteiger partial charge in [-0.05, 0) is 92.3 Å². The average molecular weight is 319 g/mol. The number of aliphatic hydroxyl groups excluding tert-OH is 1. The van der Waals surface area contributed by atoms with Crippen LogP contribution in [0.2, 0.25) is 0 Å². The molecule has 4 aliphatic carbocycles. The van der Waals surface area contributed by atoms with Gasteiger partial charge >= 0.3 is 0 Å². The second-order valence-corrected chi connectivity index (χ2v) is 9.87. The summed E-state index contributed by atoms with van der Waals surface area (Å²) in [5.41, 5.74) is 0.782. The number of rotatable bonds is 1. The molecule has 0 amide bonds. The van der Waals surface area contributed by atoms with Gasteiger partial charge in [0.25, 0.3) is 0 Å². The van der Waals surface area contributed by atoms with E-state index < -0.39 is 0 Å². The topological polar surface area (TPSA) is 37.3 Å². The minimum absolute atomic E-state index is 0.152. The molecule has 1 N–H and O–H groups in total. The first-order valence-corrected chi connectivity index (χ1v) is 10.1. The molecule has 0 bridgehead atoms. The van der Waals surface area contributed by atoms with Gasteiger partial charge in [-0.15, -0.1) is 0 Å². The predicted molar refractivity (Wildman–Crippen MR) is 91.9 cm³/mol. The lowest BCUT2D eigenvalue weighted by Crippen LogP contribution is -2.54. The molecule has 4 saturated carbocycles. The number of fused-ring (bicyclic) bond motifs is 5. The molecule has 4 fully saturated rings. The van der Waals surface area contributed by atoms with Crippen LogP contribution in [0, 0.1) is 40.4 Å². The Labute approximate surface area is 141 Å². The quantitative estimate of drug-likeness (QED) is 0.767. The molecule has 2 nitrogen and oxygen atoms in total. The average Bonchev–Trinajstić information content (AvgIpc) is 2.85. The second-order valence-electron chi connectivity index (χ2n) is 9.87. The first-order chi connectivity index (χ1) is 10.9. The standard InChI is InChI=1S/C21H34O2/c1-13(22)17-6-7-18-16-5-4-14-12-15(23)8-10-20(14,2)19(16)9-11-21(17,18)3/h13-14,16-19,22H,4-12H2,1-3H3/t13-,14-,16-,17-,18+,19-,20-,21-/m0/s1. The van der Waals surface area contributed by atoms with E-state index in [1.54, 1.807) is 0 Å². The van der Waals surface area contributed by atoms with E-state index in [4.69, 9.17) is 0 Å². The minimum Gasteiger partial charge on any atom is -0.393 e. The van der Waals surface area contributed by atoms with Crippen LogP contribution in [-0.4, -0.2) is 17.0 Å². The van der Waals surface area contributed by atoms with Crippen molar-refractivity contribution in [2.24, 2.45) is 40.4 Å². The third-order valence-electron chi connectivity index (χ3n) is 9.14. The fourth-order valence-electron chi connectivity index (χ4n) is 7.88. The molecule has 2 heteroatoms. The van der Waals surface area contributed by atoms with Crippen molar-refractivity contribution >= 4 is 5.78 Å². The second kappa shape index (κ2) is 5.31. The first kappa shape index (κ1) is 16.1.